The van der Waals surface area contributed by atoms with Crippen molar-refractivity contribution in [1.82, 2.24) is 0 Å². The normalized spacial score (nSPS) is 12.4. The van der Waals surface area contributed by atoms with Gasteiger partial charge in [0.1, 0.15) is 6.10 Å². The molecule has 0 aliphatic rings. The lowest BCUT2D eigenvalue weighted by Crippen LogP contribution is -1.95. The highest BCUT2D eigenvalue weighted by Gasteiger charge is 2.10. The number of rotatable bonds is 1. The second kappa shape index (κ2) is 4.18. The molecule has 0 heterocycles. The molecule has 3 aromatic carbocycles. The van der Waals surface area contributed by atoms with Crippen molar-refractivity contribution < 1.29 is 5.11 Å². The average molecular weight is 232 g/mol. The first-order valence-corrected chi connectivity index (χ1v) is 5.86. The van der Waals surface area contributed by atoms with E-state index in [-0.39, 0.29) is 0 Å². The molecule has 0 spiro atoms. The molecule has 0 saturated heterocycles. The van der Waals surface area contributed by atoms with Crippen molar-refractivity contribution in [3.05, 3.63) is 60.2 Å². The lowest BCUT2D eigenvalue weighted by atomic mass is 9.95. The minimum atomic E-state index is -0.862. The lowest BCUT2D eigenvalue weighted by molar-refractivity contribution is 0.240. The highest BCUT2D eigenvalue weighted by atomic mass is 16.3. The Morgan fingerprint density at radius 3 is 2.22 bits per heavy atom. The quantitative estimate of drug-likeness (QED) is 0.501. The summed E-state index contributed by atoms with van der Waals surface area (Å²) in [4.78, 5) is 0. The molecule has 1 heteroatoms. The average Bonchev–Trinajstić information content (AvgIpc) is 2.45. The van der Waals surface area contributed by atoms with Crippen LogP contribution in [0.25, 0.3) is 21.5 Å². The van der Waals surface area contributed by atoms with E-state index in [4.69, 9.17) is 6.42 Å². The van der Waals surface area contributed by atoms with Gasteiger partial charge in [0.05, 0.1) is 0 Å². The predicted molar refractivity (Wildman–Crippen MR) is 75.2 cm³/mol. The second-order valence-corrected chi connectivity index (χ2v) is 4.30. The molecule has 0 fully saturated rings. The Kier molecular flexibility index (Phi) is 2.51. The molecular weight excluding hydrogens is 220 g/mol. The Balaban J connectivity index is 2.51. The SMILES string of the molecule is C#CC(O)c1cc2ccccc2c2ccccc12. The van der Waals surface area contributed by atoms with Gasteiger partial charge in [-0.1, -0.05) is 54.5 Å². The van der Waals surface area contributed by atoms with Crippen LogP contribution < -0.4 is 0 Å². The van der Waals surface area contributed by atoms with Gasteiger partial charge >= 0.3 is 0 Å². The predicted octanol–water partition coefficient (Wildman–Crippen LogP) is 3.66. The molecule has 18 heavy (non-hydrogen) atoms. The lowest BCUT2D eigenvalue weighted by Gasteiger charge is -2.11. The highest BCUT2D eigenvalue weighted by Crippen LogP contribution is 2.31. The molecule has 0 aromatic heterocycles. The first-order valence-electron chi connectivity index (χ1n) is 5.86. The van der Waals surface area contributed by atoms with Gasteiger partial charge in [0, 0.05) is 5.56 Å². The summed E-state index contributed by atoms with van der Waals surface area (Å²) in [5.74, 6) is 2.39. The summed E-state index contributed by atoms with van der Waals surface area (Å²) >= 11 is 0. The molecule has 0 bridgehead atoms. The van der Waals surface area contributed by atoms with Crippen LogP contribution in [0.5, 0.6) is 0 Å². The van der Waals surface area contributed by atoms with Gasteiger partial charge in [0.15, 0.2) is 0 Å². The zero-order chi connectivity index (χ0) is 12.5. The van der Waals surface area contributed by atoms with E-state index in [1.165, 1.54) is 5.39 Å². The van der Waals surface area contributed by atoms with E-state index < -0.39 is 6.10 Å². The van der Waals surface area contributed by atoms with Gasteiger partial charge in [-0.25, -0.2) is 0 Å². The van der Waals surface area contributed by atoms with Crippen LogP contribution in [0.3, 0.4) is 0 Å². The van der Waals surface area contributed by atoms with Crippen LogP contribution in [-0.4, -0.2) is 5.11 Å². The van der Waals surface area contributed by atoms with Gasteiger partial charge in [-0.15, -0.1) is 6.42 Å². The van der Waals surface area contributed by atoms with Gasteiger partial charge in [0.25, 0.3) is 0 Å². The summed E-state index contributed by atoms with van der Waals surface area (Å²) in [7, 11) is 0. The van der Waals surface area contributed by atoms with E-state index in [9.17, 15) is 5.11 Å². The molecule has 1 N–H and O–H groups in total. The third-order valence-corrected chi connectivity index (χ3v) is 3.25. The number of terminal acetylenes is 1. The minimum absolute atomic E-state index is 0.798. The van der Waals surface area contributed by atoms with Crippen LogP contribution in [0.4, 0.5) is 0 Å². The number of fused-ring (bicyclic) bond motifs is 3. The van der Waals surface area contributed by atoms with Crippen molar-refractivity contribution in [2.24, 2.45) is 0 Å². The zero-order valence-corrected chi connectivity index (χ0v) is 9.80. The van der Waals surface area contributed by atoms with Crippen molar-refractivity contribution in [1.29, 1.82) is 0 Å². The molecule has 0 saturated carbocycles. The fourth-order valence-corrected chi connectivity index (χ4v) is 2.40. The van der Waals surface area contributed by atoms with Crippen molar-refractivity contribution in [3.63, 3.8) is 0 Å². The van der Waals surface area contributed by atoms with Crippen molar-refractivity contribution in [3.8, 4) is 12.3 Å². The largest absolute Gasteiger partial charge is 0.376 e. The summed E-state index contributed by atoms with van der Waals surface area (Å²) in [6.07, 6.45) is 4.48. The first kappa shape index (κ1) is 10.8. The van der Waals surface area contributed by atoms with E-state index in [1.807, 2.05) is 42.5 Å². The maximum atomic E-state index is 9.95. The van der Waals surface area contributed by atoms with Crippen LogP contribution in [0.15, 0.2) is 54.6 Å². The van der Waals surface area contributed by atoms with Crippen LogP contribution in [0.1, 0.15) is 11.7 Å². The minimum Gasteiger partial charge on any atom is -0.376 e. The van der Waals surface area contributed by atoms with Crippen molar-refractivity contribution in [2.45, 2.75) is 6.10 Å². The Morgan fingerprint density at radius 1 is 0.889 bits per heavy atom. The maximum absolute atomic E-state index is 9.95. The third-order valence-electron chi connectivity index (χ3n) is 3.25. The summed E-state index contributed by atoms with van der Waals surface area (Å²) in [6.45, 7) is 0. The van der Waals surface area contributed by atoms with Crippen molar-refractivity contribution >= 4 is 21.5 Å². The van der Waals surface area contributed by atoms with Crippen molar-refractivity contribution in [2.75, 3.05) is 0 Å². The van der Waals surface area contributed by atoms with Gasteiger partial charge < -0.3 is 5.11 Å². The van der Waals surface area contributed by atoms with E-state index >= 15 is 0 Å². The van der Waals surface area contributed by atoms with E-state index in [0.717, 1.165) is 21.7 Å². The Labute approximate surface area is 106 Å². The van der Waals surface area contributed by atoms with E-state index in [0.29, 0.717) is 0 Å². The smallest absolute Gasteiger partial charge is 0.140 e. The first-order chi connectivity index (χ1) is 8.81. The summed E-state index contributed by atoms with van der Waals surface area (Å²) in [5, 5.41) is 14.4. The molecule has 1 atom stereocenters. The summed E-state index contributed by atoms with van der Waals surface area (Å²) in [5.41, 5.74) is 0.798. The van der Waals surface area contributed by atoms with Crippen LogP contribution in [-0.2, 0) is 0 Å². The summed E-state index contributed by atoms with van der Waals surface area (Å²) in [6, 6.07) is 18.1. The molecule has 0 radical (unpaired) electrons. The molecule has 3 aromatic rings. The van der Waals surface area contributed by atoms with Crippen LogP contribution >= 0.6 is 0 Å². The van der Waals surface area contributed by atoms with Gasteiger partial charge in [-0.05, 0) is 27.6 Å². The molecule has 0 amide bonds. The maximum Gasteiger partial charge on any atom is 0.140 e. The Bertz CT molecular complexity index is 765. The fraction of sp³-hybridized carbons (Fsp3) is 0.0588. The van der Waals surface area contributed by atoms with Crippen LogP contribution in [0, 0.1) is 12.3 Å². The number of hydrogen-bond acceptors (Lipinski definition) is 1. The molecule has 1 unspecified atom stereocenters. The fourth-order valence-electron chi connectivity index (χ4n) is 2.40. The van der Waals surface area contributed by atoms with E-state index in [1.54, 1.807) is 0 Å². The molecule has 3 rings (SSSR count). The number of aliphatic hydroxyl groups excluding tert-OH is 1. The number of benzene rings is 3. The standard InChI is InChI=1S/C17H12O/c1-2-17(18)16-11-12-7-3-4-8-13(12)14-9-5-6-10-15(14)16/h1,3-11,17-18H. The Morgan fingerprint density at radius 2 is 1.50 bits per heavy atom. The third kappa shape index (κ3) is 1.55. The van der Waals surface area contributed by atoms with Crippen LogP contribution in [0.2, 0.25) is 0 Å². The molecule has 0 aliphatic carbocycles. The van der Waals surface area contributed by atoms with Gasteiger partial charge in [-0.2, -0.15) is 0 Å². The highest BCUT2D eigenvalue weighted by molar-refractivity contribution is 6.09. The molecule has 0 aliphatic heterocycles. The van der Waals surface area contributed by atoms with Gasteiger partial charge in [0.2, 0.25) is 0 Å². The monoisotopic (exact) mass is 232 g/mol. The second-order valence-electron chi connectivity index (χ2n) is 4.30. The number of aliphatic hydroxyl groups is 1. The Hall–Kier alpha value is -2.30. The topological polar surface area (TPSA) is 20.2 Å². The molecule has 86 valence electrons. The molecular formula is C17H12O. The zero-order valence-electron chi connectivity index (χ0n) is 9.80. The van der Waals surface area contributed by atoms with E-state index in [2.05, 4.69) is 18.1 Å². The number of hydrogen-bond donors (Lipinski definition) is 1. The van der Waals surface area contributed by atoms with Gasteiger partial charge in [-0.3, -0.25) is 0 Å². The summed E-state index contributed by atoms with van der Waals surface area (Å²) < 4.78 is 0. The molecule has 1 nitrogen and oxygen atoms in total.